The van der Waals surface area contributed by atoms with Crippen LogP contribution < -0.4 is 10.0 Å². The summed E-state index contributed by atoms with van der Waals surface area (Å²) in [5.41, 5.74) is 0.139. The Labute approximate surface area is 140 Å². The monoisotopic (exact) mass is 356 g/mol. The lowest BCUT2D eigenvalue weighted by molar-refractivity contribution is -0.124. The number of carbonyl (C=O) groups is 2. The summed E-state index contributed by atoms with van der Waals surface area (Å²) < 4.78 is 35.2. The Morgan fingerprint density at radius 2 is 2.08 bits per heavy atom. The zero-order valence-electron chi connectivity index (χ0n) is 13.3. The summed E-state index contributed by atoms with van der Waals surface area (Å²) in [5, 5.41) is 2.63. The van der Waals surface area contributed by atoms with Crippen molar-refractivity contribution < 1.29 is 27.5 Å². The third-order valence-electron chi connectivity index (χ3n) is 3.33. The van der Waals surface area contributed by atoms with Gasteiger partial charge in [-0.25, -0.2) is 13.2 Å². The molecule has 8 nitrogen and oxygen atoms in total. The minimum Gasteiger partial charge on any atom is -0.452 e. The van der Waals surface area contributed by atoms with E-state index in [0.29, 0.717) is 13.2 Å². The van der Waals surface area contributed by atoms with Crippen molar-refractivity contribution in [3.05, 3.63) is 29.8 Å². The molecule has 1 aliphatic rings. The Bertz CT molecular complexity index is 698. The summed E-state index contributed by atoms with van der Waals surface area (Å²) in [6.45, 7) is 0.626. The molecule has 1 fully saturated rings. The number of sulfonamides is 1. The number of amides is 1. The highest BCUT2D eigenvalue weighted by Gasteiger charge is 2.18. The van der Waals surface area contributed by atoms with Crippen molar-refractivity contribution in [2.75, 3.05) is 30.7 Å². The van der Waals surface area contributed by atoms with E-state index in [0.717, 1.165) is 19.1 Å². The number of hydrogen-bond acceptors (Lipinski definition) is 6. The van der Waals surface area contributed by atoms with Crippen molar-refractivity contribution in [2.45, 2.75) is 18.9 Å². The van der Waals surface area contributed by atoms with Gasteiger partial charge in [0.1, 0.15) is 0 Å². The molecule has 1 amide bonds. The molecule has 1 atom stereocenters. The second kappa shape index (κ2) is 8.11. The van der Waals surface area contributed by atoms with Gasteiger partial charge in [-0.3, -0.25) is 9.52 Å². The maximum absolute atomic E-state index is 12.1. The van der Waals surface area contributed by atoms with E-state index >= 15 is 0 Å². The van der Waals surface area contributed by atoms with Gasteiger partial charge in [0.15, 0.2) is 6.61 Å². The van der Waals surface area contributed by atoms with E-state index < -0.39 is 28.5 Å². The smallest absolute Gasteiger partial charge is 0.340 e. The van der Waals surface area contributed by atoms with Crippen LogP contribution in [0, 0.1) is 0 Å². The molecule has 2 N–H and O–H groups in total. The zero-order chi connectivity index (χ0) is 17.6. The highest BCUT2D eigenvalue weighted by atomic mass is 32.2. The van der Waals surface area contributed by atoms with E-state index in [1.807, 2.05) is 0 Å². The minimum atomic E-state index is -3.53. The van der Waals surface area contributed by atoms with Crippen molar-refractivity contribution in [3.8, 4) is 0 Å². The number of esters is 1. The number of ether oxygens (including phenoxy) is 2. The van der Waals surface area contributed by atoms with Crippen LogP contribution in [0.4, 0.5) is 5.69 Å². The first kappa shape index (κ1) is 18.2. The molecule has 0 saturated carbocycles. The number of benzene rings is 1. The van der Waals surface area contributed by atoms with Crippen LogP contribution >= 0.6 is 0 Å². The lowest BCUT2D eigenvalue weighted by Crippen LogP contribution is -2.34. The average Bonchev–Trinajstić information content (AvgIpc) is 3.03. The molecule has 1 aromatic carbocycles. The van der Waals surface area contributed by atoms with Gasteiger partial charge in [0, 0.05) is 13.2 Å². The molecule has 0 aromatic heterocycles. The fourth-order valence-electron chi connectivity index (χ4n) is 2.24. The van der Waals surface area contributed by atoms with Crippen molar-refractivity contribution >= 4 is 27.6 Å². The number of para-hydroxylation sites is 1. The van der Waals surface area contributed by atoms with Crippen LogP contribution in [0.25, 0.3) is 0 Å². The first-order valence-electron chi connectivity index (χ1n) is 7.47. The predicted molar refractivity (Wildman–Crippen MR) is 87.2 cm³/mol. The third-order valence-corrected chi connectivity index (χ3v) is 3.92. The molecular weight excluding hydrogens is 336 g/mol. The van der Waals surface area contributed by atoms with Crippen molar-refractivity contribution in [3.63, 3.8) is 0 Å². The van der Waals surface area contributed by atoms with Crippen LogP contribution in [-0.4, -0.2) is 52.4 Å². The SMILES string of the molecule is CS(=O)(=O)Nc1ccccc1C(=O)OCC(=O)NC[C@@H]1CCCO1. The standard InChI is InChI=1S/C15H20N2O6S/c1-24(20,21)17-13-7-3-2-6-12(13)15(19)23-10-14(18)16-9-11-5-4-8-22-11/h2-3,6-7,11,17H,4-5,8-10H2,1H3,(H,16,18)/t11-/m0/s1. The summed E-state index contributed by atoms with van der Waals surface area (Å²) in [7, 11) is -3.53. The van der Waals surface area contributed by atoms with Crippen molar-refractivity contribution in [2.24, 2.45) is 0 Å². The fraction of sp³-hybridized carbons (Fsp3) is 0.467. The molecule has 0 aliphatic carbocycles. The van der Waals surface area contributed by atoms with E-state index in [1.165, 1.54) is 12.1 Å². The maximum atomic E-state index is 12.1. The van der Waals surface area contributed by atoms with Gasteiger partial charge in [-0.2, -0.15) is 0 Å². The van der Waals surface area contributed by atoms with Gasteiger partial charge in [0.25, 0.3) is 5.91 Å². The number of anilines is 1. The molecule has 1 saturated heterocycles. The van der Waals surface area contributed by atoms with E-state index in [1.54, 1.807) is 12.1 Å². The van der Waals surface area contributed by atoms with Gasteiger partial charge >= 0.3 is 5.97 Å². The first-order valence-corrected chi connectivity index (χ1v) is 9.36. The van der Waals surface area contributed by atoms with Gasteiger partial charge in [0.2, 0.25) is 10.0 Å². The molecule has 132 valence electrons. The molecule has 9 heteroatoms. The van der Waals surface area contributed by atoms with Gasteiger partial charge in [0.05, 0.1) is 23.6 Å². The molecule has 0 bridgehead atoms. The second-order valence-corrected chi connectivity index (χ2v) is 7.18. The van der Waals surface area contributed by atoms with Crippen LogP contribution in [0.3, 0.4) is 0 Å². The van der Waals surface area contributed by atoms with Crippen LogP contribution in [0.2, 0.25) is 0 Å². The van der Waals surface area contributed by atoms with Gasteiger partial charge in [-0.1, -0.05) is 12.1 Å². The lowest BCUT2D eigenvalue weighted by Gasteiger charge is -2.12. The third kappa shape index (κ3) is 5.82. The second-order valence-electron chi connectivity index (χ2n) is 5.44. The summed E-state index contributed by atoms with van der Waals surface area (Å²) >= 11 is 0. The van der Waals surface area contributed by atoms with E-state index in [9.17, 15) is 18.0 Å². The van der Waals surface area contributed by atoms with Crippen molar-refractivity contribution in [1.29, 1.82) is 0 Å². The van der Waals surface area contributed by atoms with E-state index in [2.05, 4.69) is 10.0 Å². The number of hydrogen-bond donors (Lipinski definition) is 2. The molecule has 1 heterocycles. The van der Waals surface area contributed by atoms with Crippen LogP contribution in [-0.2, 0) is 24.3 Å². The summed E-state index contributed by atoms with van der Waals surface area (Å²) in [4.78, 5) is 23.7. The molecule has 0 radical (unpaired) electrons. The topological polar surface area (TPSA) is 111 Å². The molecule has 2 rings (SSSR count). The Morgan fingerprint density at radius 3 is 2.75 bits per heavy atom. The van der Waals surface area contributed by atoms with Gasteiger partial charge in [-0.05, 0) is 25.0 Å². The summed E-state index contributed by atoms with van der Waals surface area (Å²) in [6.07, 6.45) is 2.85. The highest BCUT2D eigenvalue weighted by molar-refractivity contribution is 7.92. The van der Waals surface area contributed by atoms with E-state index in [-0.39, 0.29) is 17.4 Å². The molecule has 1 aromatic rings. The summed E-state index contributed by atoms with van der Waals surface area (Å²) in [5.74, 6) is -1.22. The quantitative estimate of drug-likeness (QED) is 0.689. The Kier molecular flexibility index (Phi) is 6.16. The fourth-order valence-corrected chi connectivity index (χ4v) is 2.82. The van der Waals surface area contributed by atoms with Crippen LogP contribution in [0.5, 0.6) is 0 Å². The average molecular weight is 356 g/mol. The lowest BCUT2D eigenvalue weighted by atomic mass is 10.2. The Balaban J connectivity index is 1.86. The summed E-state index contributed by atoms with van der Waals surface area (Å²) in [6, 6.07) is 6.01. The van der Waals surface area contributed by atoms with Crippen LogP contribution in [0.1, 0.15) is 23.2 Å². The minimum absolute atomic E-state index is 0.00402. The van der Waals surface area contributed by atoms with Crippen molar-refractivity contribution in [1.82, 2.24) is 5.32 Å². The molecule has 0 unspecified atom stereocenters. The number of carbonyl (C=O) groups excluding carboxylic acids is 2. The molecule has 24 heavy (non-hydrogen) atoms. The normalized spacial score (nSPS) is 17.3. The zero-order valence-corrected chi connectivity index (χ0v) is 14.1. The predicted octanol–water partition coefficient (Wildman–Crippen LogP) is 0.510. The Morgan fingerprint density at radius 1 is 1.33 bits per heavy atom. The number of nitrogens with one attached hydrogen (secondary N) is 2. The van der Waals surface area contributed by atoms with Crippen LogP contribution in [0.15, 0.2) is 24.3 Å². The van der Waals surface area contributed by atoms with Gasteiger partial charge in [-0.15, -0.1) is 0 Å². The van der Waals surface area contributed by atoms with E-state index in [4.69, 9.17) is 9.47 Å². The molecule has 0 spiro atoms. The first-order chi connectivity index (χ1) is 11.3. The maximum Gasteiger partial charge on any atom is 0.340 e. The highest BCUT2D eigenvalue weighted by Crippen LogP contribution is 2.17. The molecule has 1 aliphatic heterocycles. The number of rotatable bonds is 7. The largest absolute Gasteiger partial charge is 0.452 e. The van der Waals surface area contributed by atoms with Gasteiger partial charge < -0.3 is 14.8 Å². The Hall–Kier alpha value is -2.13. The molecular formula is C15H20N2O6S.